The molecule has 1 aromatic heterocycles. The van der Waals surface area contributed by atoms with Crippen molar-refractivity contribution >= 4 is 34.1 Å². The van der Waals surface area contributed by atoms with E-state index < -0.39 is 5.60 Å². The van der Waals surface area contributed by atoms with Crippen molar-refractivity contribution in [2.45, 2.75) is 12.5 Å². The van der Waals surface area contributed by atoms with Crippen LogP contribution in [0.2, 0.25) is 0 Å². The van der Waals surface area contributed by atoms with E-state index in [1.807, 2.05) is 12.3 Å². The lowest BCUT2D eigenvalue weighted by molar-refractivity contribution is 0.0998. The molecule has 0 aliphatic rings. The molecule has 16 heavy (non-hydrogen) atoms. The first-order valence-corrected chi connectivity index (χ1v) is 6.77. The third-order valence-corrected chi connectivity index (χ3v) is 3.64. The normalized spacial score (nSPS) is 14.1. The molecule has 4 N–H and O–H groups in total. The topological polar surface area (TPSA) is 95.0 Å². The van der Waals surface area contributed by atoms with E-state index in [4.69, 9.17) is 11.0 Å². The number of hydrogen-bond acceptors (Lipinski definition) is 7. The fourth-order valence-corrected chi connectivity index (χ4v) is 2.55. The van der Waals surface area contributed by atoms with Gasteiger partial charge < -0.3 is 16.2 Å². The SMILES string of the molecule is CSCC(C)(O)CNc1snc(N)c1C#N. The van der Waals surface area contributed by atoms with Crippen LogP contribution in [0.3, 0.4) is 0 Å². The molecule has 5 nitrogen and oxygen atoms in total. The molecule has 1 rings (SSSR count). The van der Waals surface area contributed by atoms with E-state index in [2.05, 4.69) is 9.69 Å². The first-order valence-electron chi connectivity index (χ1n) is 4.60. The van der Waals surface area contributed by atoms with Crippen LogP contribution in [0, 0.1) is 11.3 Å². The van der Waals surface area contributed by atoms with Crippen molar-refractivity contribution in [3.63, 3.8) is 0 Å². The number of aromatic nitrogens is 1. The first-order chi connectivity index (χ1) is 7.50. The largest absolute Gasteiger partial charge is 0.387 e. The van der Waals surface area contributed by atoms with Crippen molar-refractivity contribution in [3.8, 4) is 6.07 Å². The Morgan fingerprint density at radius 1 is 1.75 bits per heavy atom. The number of nitrogens with zero attached hydrogens (tertiary/aromatic N) is 2. The fraction of sp³-hybridized carbons (Fsp3) is 0.556. The molecule has 0 radical (unpaired) electrons. The van der Waals surface area contributed by atoms with Crippen LogP contribution in [0.4, 0.5) is 10.8 Å². The molecule has 0 saturated heterocycles. The Kier molecular flexibility index (Phi) is 4.41. The van der Waals surface area contributed by atoms with Crippen molar-refractivity contribution in [1.29, 1.82) is 5.26 Å². The highest BCUT2D eigenvalue weighted by Gasteiger charge is 2.21. The lowest BCUT2D eigenvalue weighted by atomic mass is 10.1. The highest BCUT2D eigenvalue weighted by molar-refractivity contribution is 7.98. The molecule has 0 aliphatic heterocycles. The van der Waals surface area contributed by atoms with Crippen LogP contribution in [0.1, 0.15) is 12.5 Å². The summed E-state index contributed by atoms with van der Waals surface area (Å²) in [5.74, 6) is 0.857. The average molecular weight is 258 g/mol. The van der Waals surface area contributed by atoms with Gasteiger partial charge in [-0.1, -0.05) is 0 Å². The van der Waals surface area contributed by atoms with E-state index in [1.54, 1.807) is 18.7 Å². The van der Waals surface area contributed by atoms with E-state index in [0.717, 1.165) is 11.5 Å². The van der Waals surface area contributed by atoms with Crippen molar-refractivity contribution in [1.82, 2.24) is 4.37 Å². The van der Waals surface area contributed by atoms with Gasteiger partial charge in [0.1, 0.15) is 16.6 Å². The summed E-state index contributed by atoms with van der Waals surface area (Å²) < 4.78 is 3.88. The Labute approximate surface area is 103 Å². The third kappa shape index (κ3) is 3.27. The summed E-state index contributed by atoms with van der Waals surface area (Å²) in [4.78, 5) is 0. The number of nitrogens with two attached hydrogens (primary N) is 1. The zero-order valence-electron chi connectivity index (χ0n) is 9.15. The second kappa shape index (κ2) is 5.39. The number of nitriles is 1. The molecule has 0 fully saturated rings. The third-order valence-electron chi connectivity index (χ3n) is 1.92. The lowest BCUT2D eigenvalue weighted by Crippen LogP contribution is -2.36. The Morgan fingerprint density at radius 3 is 3.00 bits per heavy atom. The molecular formula is C9H14N4OS2. The van der Waals surface area contributed by atoms with Crippen molar-refractivity contribution < 1.29 is 5.11 Å². The van der Waals surface area contributed by atoms with Gasteiger partial charge in [-0.05, 0) is 24.7 Å². The van der Waals surface area contributed by atoms with Gasteiger partial charge in [0.2, 0.25) is 0 Å². The van der Waals surface area contributed by atoms with E-state index in [9.17, 15) is 5.11 Å². The average Bonchev–Trinajstić information content (AvgIpc) is 2.56. The number of anilines is 2. The zero-order chi connectivity index (χ0) is 12.2. The molecule has 1 atom stereocenters. The van der Waals surface area contributed by atoms with Gasteiger partial charge in [-0.3, -0.25) is 0 Å². The van der Waals surface area contributed by atoms with Crippen LogP contribution in [0.25, 0.3) is 0 Å². The van der Waals surface area contributed by atoms with Gasteiger partial charge in [-0.25, -0.2) is 0 Å². The minimum Gasteiger partial charge on any atom is -0.387 e. The van der Waals surface area contributed by atoms with E-state index in [0.29, 0.717) is 22.9 Å². The van der Waals surface area contributed by atoms with Crippen LogP contribution < -0.4 is 11.1 Å². The Hall–Kier alpha value is -0.970. The second-order valence-electron chi connectivity index (χ2n) is 3.67. The van der Waals surface area contributed by atoms with Crippen LogP contribution in [0.5, 0.6) is 0 Å². The molecule has 0 aromatic carbocycles. The maximum absolute atomic E-state index is 9.93. The fourth-order valence-electron chi connectivity index (χ4n) is 1.16. The van der Waals surface area contributed by atoms with Gasteiger partial charge >= 0.3 is 0 Å². The molecule has 1 heterocycles. The molecule has 1 unspecified atom stereocenters. The molecule has 0 aliphatic carbocycles. The predicted octanol–water partition coefficient (Wildman–Crippen LogP) is 1.12. The quantitative estimate of drug-likeness (QED) is 0.732. The molecule has 0 saturated carbocycles. The molecular weight excluding hydrogens is 244 g/mol. The standard InChI is InChI=1S/C9H14N4OS2/c1-9(14,5-15-2)4-12-8-6(3-10)7(11)13-16-8/h12,14H,4-5H2,1-2H3,(H2,11,13). The number of hydrogen-bond donors (Lipinski definition) is 3. The Balaban J connectivity index is 2.65. The molecule has 0 bridgehead atoms. The molecule has 0 amide bonds. The lowest BCUT2D eigenvalue weighted by Gasteiger charge is -2.22. The van der Waals surface area contributed by atoms with Crippen molar-refractivity contribution in [2.24, 2.45) is 0 Å². The predicted molar refractivity (Wildman–Crippen MR) is 68.7 cm³/mol. The highest BCUT2D eigenvalue weighted by atomic mass is 32.2. The minimum absolute atomic E-state index is 0.236. The summed E-state index contributed by atoms with van der Waals surface area (Å²) in [6, 6.07) is 1.99. The van der Waals surface area contributed by atoms with Crippen LogP contribution >= 0.6 is 23.3 Å². The molecule has 1 aromatic rings. The molecule has 0 spiro atoms. The van der Waals surface area contributed by atoms with E-state index >= 15 is 0 Å². The van der Waals surface area contributed by atoms with Crippen molar-refractivity contribution in [2.75, 3.05) is 29.6 Å². The number of thioether (sulfide) groups is 1. The summed E-state index contributed by atoms with van der Waals surface area (Å²) in [5.41, 5.74) is 5.06. The summed E-state index contributed by atoms with van der Waals surface area (Å²) in [6.45, 7) is 2.11. The minimum atomic E-state index is -0.815. The summed E-state index contributed by atoms with van der Waals surface area (Å²) >= 11 is 2.70. The monoisotopic (exact) mass is 258 g/mol. The maximum Gasteiger partial charge on any atom is 0.157 e. The van der Waals surface area contributed by atoms with Gasteiger partial charge in [0.05, 0.1) is 5.60 Å². The number of nitrogens with one attached hydrogen (secondary N) is 1. The van der Waals surface area contributed by atoms with E-state index in [-0.39, 0.29) is 5.82 Å². The summed E-state index contributed by atoms with van der Waals surface area (Å²) in [6.07, 6.45) is 1.93. The van der Waals surface area contributed by atoms with Crippen LogP contribution in [-0.2, 0) is 0 Å². The Bertz CT molecular complexity index is 397. The van der Waals surface area contributed by atoms with Gasteiger partial charge in [-0.15, -0.1) is 0 Å². The van der Waals surface area contributed by atoms with Crippen LogP contribution in [-0.4, -0.2) is 33.6 Å². The maximum atomic E-state index is 9.93. The number of nitrogen functional groups attached to an aromatic ring is 1. The summed E-state index contributed by atoms with van der Waals surface area (Å²) in [5, 5.41) is 22.4. The number of aliphatic hydroxyl groups is 1. The van der Waals surface area contributed by atoms with Gasteiger partial charge in [0.25, 0.3) is 0 Å². The van der Waals surface area contributed by atoms with Crippen LogP contribution in [0.15, 0.2) is 0 Å². The second-order valence-corrected chi connectivity index (χ2v) is 5.31. The zero-order valence-corrected chi connectivity index (χ0v) is 10.8. The number of rotatable bonds is 5. The van der Waals surface area contributed by atoms with Gasteiger partial charge in [-0.2, -0.15) is 21.4 Å². The van der Waals surface area contributed by atoms with E-state index in [1.165, 1.54) is 0 Å². The summed E-state index contributed by atoms with van der Waals surface area (Å²) in [7, 11) is 0. The van der Waals surface area contributed by atoms with Gasteiger partial charge in [0, 0.05) is 12.3 Å². The van der Waals surface area contributed by atoms with Crippen molar-refractivity contribution in [3.05, 3.63) is 5.56 Å². The molecule has 7 heteroatoms. The smallest absolute Gasteiger partial charge is 0.157 e. The molecule has 88 valence electrons. The highest BCUT2D eigenvalue weighted by Crippen LogP contribution is 2.26. The Morgan fingerprint density at radius 2 is 2.44 bits per heavy atom. The first kappa shape index (κ1) is 13.1. The van der Waals surface area contributed by atoms with Gasteiger partial charge in [0.15, 0.2) is 5.82 Å².